The van der Waals surface area contributed by atoms with Gasteiger partial charge in [0.1, 0.15) is 6.54 Å². The third-order valence-corrected chi connectivity index (χ3v) is 2.69. The molecule has 4 heteroatoms. The zero-order chi connectivity index (χ0) is 11.7. The molecule has 2 heterocycles. The van der Waals surface area contributed by atoms with Gasteiger partial charge in [-0.2, -0.15) is 0 Å². The lowest BCUT2D eigenvalue weighted by Crippen LogP contribution is -2.23. The summed E-state index contributed by atoms with van der Waals surface area (Å²) >= 11 is 0. The van der Waals surface area contributed by atoms with Gasteiger partial charge in [0.05, 0.1) is 6.20 Å². The molecule has 3 aromatic rings. The Bertz CT molecular complexity index is 646. The molecule has 0 aliphatic carbocycles. The summed E-state index contributed by atoms with van der Waals surface area (Å²) < 4.78 is 3.26. The molecule has 0 saturated heterocycles. The predicted octanol–water partition coefficient (Wildman–Crippen LogP) is 0.744. The van der Waals surface area contributed by atoms with Crippen molar-refractivity contribution in [2.24, 2.45) is 0 Å². The Morgan fingerprint density at radius 3 is 2.65 bits per heavy atom. The summed E-state index contributed by atoms with van der Waals surface area (Å²) in [5.41, 5.74) is 1.93. The molecule has 0 amide bonds. The fourth-order valence-electron chi connectivity index (χ4n) is 1.88. The van der Waals surface area contributed by atoms with Crippen molar-refractivity contribution < 1.29 is 9.51 Å². The zero-order valence-electron chi connectivity index (χ0n) is 9.15. The van der Waals surface area contributed by atoms with Crippen molar-refractivity contribution in [2.45, 2.75) is 6.54 Å². The van der Waals surface area contributed by atoms with Crippen molar-refractivity contribution in [2.75, 3.05) is 0 Å². The highest BCUT2D eigenvalue weighted by Crippen LogP contribution is 2.06. The molecule has 3 rings (SSSR count). The first-order valence-electron chi connectivity index (χ1n) is 5.43. The molecule has 0 atom stereocenters. The van der Waals surface area contributed by atoms with E-state index in [1.165, 1.54) is 0 Å². The molecule has 0 aliphatic rings. The van der Waals surface area contributed by atoms with Gasteiger partial charge in [-0.1, -0.05) is 36.4 Å². The third-order valence-electron chi connectivity index (χ3n) is 2.69. The molecule has 0 saturated carbocycles. The maximum Gasteiger partial charge on any atom is 0.264 e. The summed E-state index contributed by atoms with van der Waals surface area (Å²) in [6.45, 7) is 0.608. The van der Waals surface area contributed by atoms with Crippen LogP contribution in [0.1, 0.15) is 5.56 Å². The highest BCUT2D eigenvalue weighted by atomic mass is 16.3. The van der Waals surface area contributed by atoms with E-state index in [0.717, 1.165) is 11.2 Å². The highest BCUT2D eigenvalue weighted by molar-refractivity contribution is 5.30. The Labute approximate surface area is 98.4 Å². The summed E-state index contributed by atoms with van der Waals surface area (Å²) in [5.74, 6) is 0. The van der Waals surface area contributed by atoms with Gasteiger partial charge in [-0.15, -0.1) is 4.68 Å². The van der Waals surface area contributed by atoms with Gasteiger partial charge in [0.25, 0.3) is 5.65 Å². The molecular weight excluding hydrogens is 214 g/mol. The maximum absolute atomic E-state index is 11.6. The summed E-state index contributed by atoms with van der Waals surface area (Å²) in [5, 5.41) is 15.6. The van der Waals surface area contributed by atoms with Crippen LogP contribution in [0, 0.1) is 0 Å². The molecule has 0 bridgehead atoms. The predicted molar refractivity (Wildman–Crippen MR) is 60.4 cm³/mol. The van der Waals surface area contributed by atoms with E-state index in [-0.39, 0.29) is 6.01 Å². The Kier molecular flexibility index (Phi) is 2.26. The smallest absolute Gasteiger partial charge is 0.264 e. The van der Waals surface area contributed by atoms with Crippen LogP contribution < -0.4 is 9.51 Å². The Balaban J connectivity index is 2.07. The molecule has 0 radical (unpaired) electrons. The van der Waals surface area contributed by atoms with Gasteiger partial charge >= 0.3 is 0 Å². The van der Waals surface area contributed by atoms with Gasteiger partial charge in [-0.3, -0.25) is 0 Å². The van der Waals surface area contributed by atoms with E-state index in [2.05, 4.69) is 5.10 Å². The van der Waals surface area contributed by atoms with Crippen molar-refractivity contribution in [3.63, 3.8) is 0 Å². The van der Waals surface area contributed by atoms with Gasteiger partial charge < -0.3 is 5.11 Å². The van der Waals surface area contributed by atoms with Crippen LogP contribution >= 0.6 is 0 Å². The second-order valence-electron chi connectivity index (χ2n) is 3.85. The number of hydrogen-bond donors (Lipinski definition) is 0. The van der Waals surface area contributed by atoms with Crippen molar-refractivity contribution in [1.29, 1.82) is 0 Å². The standard InChI is InChI=1S/C13H11N3O/c17-13-14-16(10-11-6-2-1-3-7-11)12-8-4-5-9-15(12)13/h1-9H,10H2. The highest BCUT2D eigenvalue weighted by Gasteiger charge is 2.12. The van der Waals surface area contributed by atoms with E-state index in [1.54, 1.807) is 15.3 Å². The normalized spacial score (nSPS) is 10.8. The van der Waals surface area contributed by atoms with Crippen LogP contribution in [0.15, 0.2) is 54.7 Å². The van der Waals surface area contributed by atoms with Crippen molar-refractivity contribution in [3.05, 3.63) is 60.3 Å². The molecular formula is C13H11N3O. The van der Waals surface area contributed by atoms with Crippen LogP contribution in [-0.4, -0.2) is 9.78 Å². The maximum atomic E-state index is 11.6. The minimum absolute atomic E-state index is 0.239. The number of aromatic nitrogens is 3. The monoisotopic (exact) mass is 225 g/mol. The molecule has 4 nitrogen and oxygen atoms in total. The minimum atomic E-state index is -0.239. The Morgan fingerprint density at radius 1 is 1.06 bits per heavy atom. The third kappa shape index (κ3) is 1.73. The average molecular weight is 225 g/mol. The van der Waals surface area contributed by atoms with Crippen molar-refractivity contribution in [3.8, 4) is 6.01 Å². The van der Waals surface area contributed by atoms with Gasteiger partial charge in [-0.25, -0.2) is 4.40 Å². The van der Waals surface area contributed by atoms with Crippen LogP contribution in [0.25, 0.3) is 5.65 Å². The quantitative estimate of drug-likeness (QED) is 0.604. The molecule has 1 aromatic carbocycles. The minimum Gasteiger partial charge on any atom is -0.817 e. The number of pyridine rings is 1. The molecule has 2 aromatic heterocycles. The summed E-state index contributed by atoms with van der Waals surface area (Å²) in [4.78, 5) is 0. The Hall–Kier alpha value is -2.36. The van der Waals surface area contributed by atoms with Gasteiger partial charge in [0.15, 0.2) is 0 Å². The number of hydrogen-bond acceptors (Lipinski definition) is 2. The first-order valence-corrected chi connectivity index (χ1v) is 5.43. The lowest BCUT2D eigenvalue weighted by Gasteiger charge is -1.95. The number of nitrogens with zero attached hydrogens (tertiary/aromatic N) is 3. The molecule has 0 unspecified atom stereocenters. The molecule has 0 spiro atoms. The van der Waals surface area contributed by atoms with E-state index in [1.807, 2.05) is 48.5 Å². The molecule has 17 heavy (non-hydrogen) atoms. The van der Waals surface area contributed by atoms with Crippen LogP contribution in [0.2, 0.25) is 0 Å². The lowest BCUT2D eigenvalue weighted by molar-refractivity contribution is -0.586. The second-order valence-corrected chi connectivity index (χ2v) is 3.85. The van der Waals surface area contributed by atoms with E-state index in [0.29, 0.717) is 6.54 Å². The fourth-order valence-corrected chi connectivity index (χ4v) is 1.88. The average Bonchev–Trinajstić information content (AvgIpc) is 2.69. The SMILES string of the molecule is [O-]c1nn(Cc2ccccc2)c2cccc[n+]12. The van der Waals surface area contributed by atoms with E-state index in [4.69, 9.17) is 0 Å². The van der Waals surface area contributed by atoms with Crippen LogP contribution in [0.4, 0.5) is 0 Å². The van der Waals surface area contributed by atoms with E-state index < -0.39 is 0 Å². The van der Waals surface area contributed by atoms with E-state index >= 15 is 0 Å². The largest absolute Gasteiger partial charge is 0.817 e. The first kappa shape index (κ1) is 9.84. The van der Waals surface area contributed by atoms with Gasteiger partial charge in [0.2, 0.25) is 6.01 Å². The molecule has 0 aliphatic heterocycles. The van der Waals surface area contributed by atoms with Crippen molar-refractivity contribution in [1.82, 2.24) is 9.78 Å². The van der Waals surface area contributed by atoms with Crippen LogP contribution in [0.3, 0.4) is 0 Å². The van der Waals surface area contributed by atoms with Crippen LogP contribution in [-0.2, 0) is 6.54 Å². The van der Waals surface area contributed by atoms with E-state index in [9.17, 15) is 5.11 Å². The topological polar surface area (TPSA) is 45.0 Å². The number of rotatable bonds is 2. The molecule has 84 valence electrons. The lowest BCUT2D eigenvalue weighted by atomic mass is 10.2. The van der Waals surface area contributed by atoms with Crippen LogP contribution in [0.5, 0.6) is 6.01 Å². The first-order chi connectivity index (χ1) is 8.34. The number of fused-ring (bicyclic) bond motifs is 1. The van der Waals surface area contributed by atoms with Gasteiger partial charge in [0, 0.05) is 11.2 Å². The second kappa shape index (κ2) is 3.90. The summed E-state index contributed by atoms with van der Waals surface area (Å²) in [6, 6.07) is 15.3. The Morgan fingerprint density at radius 2 is 1.82 bits per heavy atom. The summed E-state index contributed by atoms with van der Waals surface area (Å²) in [7, 11) is 0. The van der Waals surface area contributed by atoms with Gasteiger partial charge in [-0.05, 0) is 11.6 Å². The molecule has 0 fully saturated rings. The summed E-state index contributed by atoms with van der Waals surface area (Å²) in [6.07, 6.45) is 1.73. The zero-order valence-corrected chi connectivity index (χ0v) is 9.15. The molecule has 0 N–H and O–H groups in total. The van der Waals surface area contributed by atoms with Crippen molar-refractivity contribution >= 4 is 5.65 Å². The fraction of sp³-hybridized carbons (Fsp3) is 0.0769. The number of benzene rings is 1.